The van der Waals surface area contributed by atoms with Crippen molar-refractivity contribution in [1.29, 1.82) is 0 Å². The number of nitrogens with one attached hydrogen (secondary N) is 1. The molecule has 0 spiro atoms. The van der Waals surface area contributed by atoms with Crippen LogP contribution in [-0.2, 0) is 0 Å². The van der Waals surface area contributed by atoms with E-state index in [4.69, 9.17) is 0 Å². The van der Waals surface area contributed by atoms with E-state index in [2.05, 4.69) is 31.2 Å². The molecule has 1 N–H and O–H groups in total. The van der Waals surface area contributed by atoms with Gasteiger partial charge in [-0.2, -0.15) is 0 Å². The van der Waals surface area contributed by atoms with Gasteiger partial charge in [0, 0.05) is 45.6 Å². The molecular formula is C17H24N6. The van der Waals surface area contributed by atoms with Gasteiger partial charge in [-0.3, -0.25) is 0 Å². The minimum absolute atomic E-state index is 0.468. The van der Waals surface area contributed by atoms with Gasteiger partial charge < -0.3 is 15.1 Å². The average molecular weight is 312 g/mol. The van der Waals surface area contributed by atoms with Crippen molar-refractivity contribution in [2.45, 2.75) is 25.3 Å². The Kier molecular flexibility index (Phi) is 4.90. The first kappa shape index (κ1) is 15.5. The Labute approximate surface area is 137 Å². The lowest BCUT2D eigenvalue weighted by Crippen LogP contribution is -2.27. The fourth-order valence-corrected chi connectivity index (χ4v) is 2.87. The van der Waals surface area contributed by atoms with Crippen LogP contribution >= 0.6 is 0 Å². The normalized spacial score (nSPS) is 18.3. The lowest BCUT2D eigenvalue weighted by atomic mass is 10.1. The summed E-state index contributed by atoms with van der Waals surface area (Å²) in [6.45, 7) is 1.99. The fraction of sp³-hybridized carbons (Fsp3) is 0.471. The van der Waals surface area contributed by atoms with Crippen LogP contribution in [0.25, 0.3) is 0 Å². The highest BCUT2D eigenvalue weighted by Gasteiger charge is 2.18. The number of rotatable bonds is 4. The molecule has 1 aliphatic rings. The second-order valence-corrected chi connectivity index (χ2v) is 6.11. The third-order valence-corrected chi connectivity index (χ3v) is 4.14. The summed E-state index contributed by atoms with van der Waals surface area (Å²) in [7, 11) is 4.00. The molecule has 0 bridgehead atoms. The molecule has 2 aromatic rings. The van der Waals surface area contributed by atoms with Crippen LogP contribution in [0, 0.1) is 0 Å². The quantitative estimate of drug-likeness (QED) is 0.935. The van der Waals surface area contributed by atoms with Crippen molar-refractivity contribution < 1.29 is 0 Å². The first-order valence-corrected chi connectivity index (χ1v) is 8.14. The van der Waals surface area contributed by atoms with Gasteiger partial charge in [0.1, 0.15) is 5.82 Å². The second kappa shape index (κ2) is 7.26. The van der Waals surface area contributed by atoms with Crippen molar-refractivity contribution in [3.05, 3.63) is 36.8 Å². The summed E-state index contributed by atoms with van der Waals surface area (Å²) in [6.07, 6.45) is 8.89. The van der Waals surface area contributed by atoms with E-state index in [9.17, 15) is 0 Å². The van der Waals surface area contributed by atoms with Gasteiger partial charge in [-0.25, -0.2) is 15.0 Å². The van der Waals surface area contributed by atoms with Crippen LogP contribution in [0.2, 0.25) is 0 Å². The van der Waals surface area contributed by atoms with Gasteiger partial charge in [0.15, 0.2) is 0 Å². The number of pyridine rings is 1. The highest BCUT2D eigenvalue weighted by Crippen LogP contribution is 2.19. The largest absolute Gasteiger partial charge is 0.381 e. The van der Waals surface area contributed by atoms with Crippen LogP contribution in [0.1, 0.15) is 19.3 Å². The molecule has 1 aliphatic heterocycles. The van der Waals surface area contributed by atoms with E-state index >= 15 is 0 Å². The van der Waals surface area contributed by atoms with Gasteiger partial charge in [0.25, 0.3) is 0 Å². The topological polar surface area (TPSA) is 57.2 Å². The Hall–Kier alpha value is -2.37. The summed E-state index contributed by atoms with van der Waals surface area (Å²) < 4.78 is 0. The van der Waals surface area contributed by atoms with Gasteiger partial charge in [-0.15, -0.1) is 0 Å². The third kappa shape index (κ3) is 4.09. The van der Waals surface area contributed by atoms with E-state index in [0.717, 1.165) is 49.8 Å². The summed E-state index contributed by atoms with van der Waals surface area (Å²) in [5.74, 6) is 1.81. The molecule has 1 atom stereocenters. The minimum atomic E-state index is 0.468. The first-order valence-electron chi connectivity index (χ1n) is 8.14. The Morgan fingerprint density at radius 2 is 1.91 bits per heavy atom. The summed E-state index contributed by atoms with van der Waals surface area (Å²) in [4.78, 5) is 17.5. The molecular weight excluding hydrogens is 288 g/mol. The summed E-state index contributed by atoms with van der Waals surface area (Å²) in [5.41, 5.74) is 1.09. The molecule has 0 aliphatic carbocycles. The highest BCUT2D eigenvalue weighted by molar-refractivity contribution is 5.48. The molecule has 6 heteroatoms. The standard InChI is InChI=1S/C17H24N6/c1-22(2)16-7-6-15(13-20-16)21-14-5-3-11-23(12-8-14)17-18-9-4-10-19-17/h4,6-7,9-10,13-14,21H,3,5,8,11-12H2,1-2H3/t14-/m1/s1. The number of hydrogen-bond acceptors (Lipinski definition) is 6. The molecule has 0 aromatic carbocycles. The van der Waals surface area contributed by atoms with Crippen LogP contribution in [0.4, 0.5) is 17.5 Å². The van der Waals surface area contributed by atoms with E-state index in [1.54, 1.807) is 12.4 Å². The van der Waals surface area contributed by atoms with Crippen LogP contribution < -0.4 is 15.1 Å². The molecule has 6 nitrogen and oxygen atoms in total. The van der Waals surface area contributed by atoms with E-state index in [-0.39, 0.29) is 0 Å². The summed E-state index contributed by atoms with van der Waals surface area (Å²) >= 11 is 0. The fourth-order valence-electron chi connectivity index (χ4n) is 2.87. The van der Waals surface area contributed by atoms with E-state index < -0.39 is 0 Å². The maximum Gasteiger partial charge on any atom is 0.225 e. The predicted molar refractivity (Wildman–Crippen MR) is 94.1 cm³/mol. The molecule has 3 rings (SSSR count). The highest BCUT2D eigenvalue weighted by atomic mass is 15.2. The maximum absolute atomic E-state index is 4.46. The van der Waals surface area contributed by atoms with Gasteiger partial charge in [0.2, 0.25) is 5.95 Å². The zero-order chi connectivity index (χ0) is 16.1. The Bertz CT molecular complexity index is 598. The van der Waals surface area contributed by atoms with Crippen molar-refractivity contribution >= 4 is 17.5 Å². The van der Waals surface area contributed by atoms with Crippen LogP contribution in [0.5, 0.6) is 0 Å². The van der Waals surface area contributed by atoms with Gasteiger partial charge >= 0.3 is 0 Å². The van der Waals surface area contributed by atoms with Crippen LogP contribution in [0.15, 0.2) is 36.8 Å². The smallest absolute Gasteiger partial charge is 0.225 e. The van der Waals surface area contributed by atoms with Crippen LogP contribution in [-0.4, -0.2) is 48.2 Å². The first-order chi connectivity index (χ1) is 11.2. The molecule has 1 fully saturated rings. The Morgan fingerprint density at radius 3 is 2.61 bits per heavy atom. The Morgan fingerprint density at radius 1 is 1.09 bits per heavy atom. The minimum Gasteiger partial charge on any atom is -0.381 e. The van der Waals surface area contributed by atoms with E-state index in [0.29, 0.717) is 6.04 Å². The number of anilines is 3. The van der Waals surface area contributed by atoms with E-state index in [1.165, 1.54) is 0 Å². The second-order valence-electron chi connectivity index (χ2n) is 6.11. The van der Waals surface area contributed by atoms with Gasteiger partial charge in [-0.05, 0) is 37.5 Å². The molecule has 1 saturated heterocycles. The van der Waals surface area contributed by atoms with E-state index in [1.807, 2.05) is 37.3 Å². The third-order valence-electron chi connectivity index (χ3n) is 4.14. The van der Waals surface area contributed by atoms with Crippen LogP contribution in [0.3, 0.4) is 0 Å². The van der Waals surface area contributed by atoms with Gasteiger partial charge in [0.05, 0.1) is 11.9 Å². The zero-order valence-electron chi connectivity index (χ0n) is 13.8. The molecule has 122 valence electrons. The van der Waals surface area contributed by atoms with Crippen molar-refractivity contribution in [3.8, 4) is 0 Å². The average Bonchev–Trinajstić information content (AvgIpc) is 2.82. The number of hydrogen-bond donors (Lipinski definition) is 1. The lowest BCUT2D eigenvalue weighted by molar-refractivity contribution is 0.639. The molecule has 0 amide bonds. The Balaban J connectivity index is 1.58. The predicted octanol–water partition coefficient (Wildman–Crippen LogP) is 2.41. The molecule has 2 aromatic heterocycles. The summed E-state index contributed by atoms with van der Waals surface area (Å²) in [6, 6.07) is 6.47. The SMILES string of the molecule is CN(C)c1ccc(N[C@@H]2CCCN(c3ncccn3)CC2)cn1. The molecule has 3 heterocycles. The van der Waals surface area contributed by atoms with Crippen molar-refractivity contribution in [3.63, 3.8) is 0 Å². The maximum atomic E-state index is 4.46. The van der Waals surface area contributed by atoms with Crippen molar-refractivity contribution in [1.82, 2.24) is 15.0 Å². The molecule has 23 heavy (non-hydrogen) atoms. The van der Waals surface area contributed by atoms with Crippen molar-refractivity contribution in [2.24, 2.45) is 0 Å². The molecule has 0 radical (unpaired) electrons. The molecule has 0 unspecified atom stereocenters. The zero-order valence-corrected chi connectivity index (χ0v) is 13.8. The monoisotopic (exact) mass is 312 g/mol. The number of aromatic nitrogens is 3. The van der Waals surface area contributed by atoms with Gasteiger partial charge in [-0.1, -0.05) is 0 Å². The summed E-state index contributed by atoms with van der Waals surface area (Å²) in [5, 5.41) is 3.61. The van der Waals surface area contributed by atoms with Crippen molar-refractivity contribution in [2.75, 3.05) is 42.3 Å². The number of nitrogens with zero attached hydrogens (tertiary/aromatic N) is 5. The molecule has 0 saturated carbocycles. The lowest BCUT2D eigenvalue weighted by Gasteiger charge is -2.21.